The maximum atomic E-state index is 10.9. The molecule has 1 N–H and O–H groups in total. The summed E-state index contributed by atoms with van der Waals surface area (Å²) in [7, 11) is 5.35. The average Bonchev–Trinajstić information content (AvgIpc) is 3.69. The zero-order valence-corrected chi connectivity index (χ0v) is 29.9. The first-order valence-electron chi connectivity index (χ1n) is 16.9. The second-order valence-corrected chi connectivity index (χ2v) is 14.4. The topological polar surface area (TPSA) is 119 Å². The summed E-state index contributed by atoms with van der Waals surface area (Å²) in [6.45, 7) is 11.2. The number of allylic oxidation sites excluding steroid dienone is 2. The smallest absolute Gasteiger partial charge is 0.165 e. The van der Waals surface area contributed by atoms with Crippen molar-refractivity contribution in [1.82, 2.24) is 30.0 Å². The number of rotatable bonds is 11. The van der Waals surface area contributed by atoms with Crippen molar-refractivity contribution in [2.45, 2.75) is 85.2 Å². The number of fused-ring (bicyclic) bond motifs is 2. The van der Waals surface area contributed by atoms with E-state index in [0.29, 0.717) is 23.7 Å². The predicted octanol–water partition coefficient (Wildman–Crippen LogP) is 6.28. The van der Waals surface area contributed by atoms with Gasteiger partial charge in [0.25, 0.3) is 0 Å². The van der Waals surface area contributed by atoms with Gasteiger partial charge in [0.2, 0.25) is 0 Å². The number of methoxy groups -OCH3 is 1. The number of hydrogen-bond donors (Lipinski definition) is 1. The van der Waals surface area contributed by atoms with Crippen LogP contribution in [-0.2, 0) is 40.2 Å². The highest BCUT2D eigenvalue weighted by Gasteiger charge is 2.54. The van der Waals surface area contributed by atoms with Crippen molar-refractivity contribution in [1.29, 1.82) is 0 Å². The zero-order valence-electron chi connectivity index (χ0n) is 29.9. The van der Waals surface area contributed by atoms with Crippen LogP contribution in [0.3, 0.4) is 0 Å². The summed E-state index contributed by atoms with van der Waals surface area (Å²) >= 11 is 0. The lowest BCUT2D eigenvalue weighted by atomic mass is 9.57. The Labute approximate surface area is 288 Å². The Balaban J connectivity index is 1.36. The third-order valence-electron chi connectivity index (χ3n) is 9.97. The highest BCUT2D eigenvalue weighted by molar-refractivity contribution is 5.74. The van der Waals surface area contributed by atoms with Gasteiger partial charge >= 0.3 is 0 Å². The van der Waals surface area contributed by atoms with Gasteiger partial charge in [0, 0.05) is 25.6 Å². The summed E-state index contributed by atoms with van der Waals surface area (Å²) in [6.07, 6.45) is 12.6. The molecule has 0 amide bonds. The van der Waals surface area contributed by atoms with Crippen molar-refractivity contribution in [2.75, 3.05) is 7.11 Å². The normalized spacial score (nSPS) is 21.1. The molecule has 2 aromatic heterocycles. The van der Waals surface area contributed by atoms with Gasteiger partial charge in [0.1, 0.15) is 41.7 Å². The maximum absolute atomic E-state index is 10.9. The van der Waals surface area contributed by atoms with Crippen molar-refractivity contribution in [3.8, 4) is 23.0 Å². The van der Waals surface area contributed by atoms with Crippen molar-refractivity contribution in [3.05, 3.63) is 81.9 Å². The Morgan fingerprint density at radius 2 is 1.49 bits per heavy atom. The van der Waals surface area contributed by atoms with E-state index in [9.17, 15) is 5.11 Å². The zero-order chi connectivity index (χ0) is 34.9. The van der Waals surface area contributed by atoms with Crippen molar-refractivity contribution < 1.29 is 24.1 Å². The molecule has 6 rings (SSSR count). The second kappa shape index (κ2) is 13.7. The summed E-state index contributed by atoms with van der Waals surface area (Å²) in [5.41, 5.74) is 5.91. The molecule has 1 fully saturated rings. The van der Waals surface area contributed by atoms with Gasteiger partial charge < -0.3 is 24.1 Å². The van der Waals surface area contributed by atoms with Gasteiger partial charge in [0.05, 0.1) is 25.6 Å². The monoisotopic (exact) mass is 668 g/mol. The Bertz CT molecular complexity index is 1800. The Morgan fingerprint density at radius 1 is 0.918 bits per heavy atom. The van der Waals surface area contributed by atoms with Crippen LogP contribution in [0.15, 0.2) is 48.3 Å². The summed E-state index contributed by atoms with van der Waals surface area (Å²) in [5, 5.41) is 27.4. The molecule has 3 heterocycles. The number of aryl methyl sites for hydroxylation is 2. The van der Waals surface area contributed by atoms with E-state index in [1.54, 1.807) is 16.5 Å². The molecule has 11 nitrogen and oxygen atoms in total. The molecule has 1 aliphatic heterocycles. The lowest BCUT2D eigenvalue weighted by Gasteiger charge is -2.55. The fraction of sp³-hybridized carbons (Fsp3) is 0.474. The van der Waals surface area contributed by atoms with Crippen LogP contribution in [0.4, 0.5) is 0 Å². The summed E-state index contributed by atoms with van der Waals surface area (Å²) in [6, 6.07) is 8.26. The van der Waals surface area contributed by atoms with Crippen molar-refractivity contribution >= 4 is 12.2 Å². The molecule has 3 atom stereocenters. The molecule has 0 spiro atoms. The molecule has 0 unspecified atom stereocenters. The molecule has 2 aromatic carbocycles. The number of nitrogens with zero attached hydrogens (tertiary/aromatic N) is 6. The first-order valence-corrected chi connectivity index (χ1v) is 16.9. The van der Waals surface area contributed by atoms with Crippen LogP contribution in [0.5, 0.6) is 23.0 Å². The first kappa shape index (κ1) is 34.2. The van der Waals surface area contributed by atoms with Crippen LogP contribution in [0.25, 0.3) is 12.2 Å². The highest BCUT2D eigenvalue weighted by Crippen LogP contribution is 2.55. The number of benzene rings is 2. The van der Waals surface area contributed by atoms with Crippen LogP contribution in [0, 0.1) is 11.3 Å². The minimum absolute atomic E-state index is 0.163. The molecule has 49 heavy (non-hydrogen) atoms. The lowest BCUT2D eigenvalue weighted by Crippen LogP contribution is -2.58. The van der Waals surface area contributed by atoms with E-state index in [-0.39, 0.29) is 36.3 Å². The predicted molar refractivity (Wildman–Crippen MR) is 187 cm³/mol. The van der Waals surface area contributed by atoms with Crippen molar-refractivity contribution in [2.24, 2.45) is 25.4 Å². The van der Waals surface area contributed by atoms with Crippen molar-refractivity contribution in [3.63, 3.8) is 0 Å². The molecule has 0 radical (unpaired) electrons. The fourth-order valence-electron chi connectivity index (χ4n) is 7.16. The number of ether oxygens (including phenoxy) is 4. The van der Waals surface area contributed by atoms with Crippen LogP contribution in [0.2, 0.25) is 0 Å². The molecule has 1 aliphatic carbocycles. The summed E-state index contributed by atoms with van der Waals surface area (Å²) in [4.78, 5) is 0. The molecule has 260 valence electrons. The van der Waals surface area contributed by atoms with Crippen LogP contribution in [0.1, 0.15) is 81.1 Å². The number of aromatic nitrogens is 6. The van der Waals surface area contributed by atoms with Gasteiger partial charge in [-0.1, -0.05) is 48.1 Å². The number of hydrogen-bond acceptors (Lipinski definition) is 9. The standard InChI is InChI=1S/C38H48N6O5/c1-24(2)9-12-30-31(47-22-28-20-43(6)41-39-28)16-26(17-32(30)48-23-29-21-44(7)42-40-29)11-10-25-15-27-19-34-37(3,4)35(45)13-14-38(34,5)49-36(27)33(18-25)46-8/h9-11,15-18,20-21,34-35,45H,12-14,19,22-23H2,1-8H3/b11-10+/t34-,35-,38-/m1/s1. The Hall–Kier alpha value is -4.64. The number of aliphatic hydroxyl groups is 1. The molecular formula is C38H48N6O5. The van der Waals surface area contributed by atoms with Gasteiger partial charge in [-0.2, -0.15) is 0 Å². The van der Waals surface area contributed by atoms with E-state index in [1.807, 2.05) is 44.7 Å². The average molecular weight is 669 g/mol. The summed E-state index contributed by atoms with van der Waals surface area (Å²) in [5.74, 6) is 3.07. The fourth-order valence-corrected chi connectivity index (χ4v) is 7.16. The second-order valence-electron chi connectivity index (χ2n) is 14.4. The number of aliphatic hydroxyl groups excluding tert-OH is 1. The highest BCUT2D eigenvalue weighted by atomic mass is 16.5. The molecule has 1 saturated carbocycles. The van der Waals surface area contributed by atoms with Gasteiger partial charge in [-0.25, -0.2) is 0 Å². The molecule has 0 saturated heterocycles. The van der Waals surface area contributed by atoms with Crippen LogP contribution >= 0.6 is 0 Å². The molecular weight excluding hydrogens is 620 g/mol. The minimum atomic E-state index is -0.365. The first-order chi connectivity index (χ1) is 23.3. The molecule has 0 bridgehead atoms. The van der Waals surface area contributed by atoms with E-state index in [2.05, 4.69) is 79.5 Å². The Morgan fingerprint density at radius 3 is 2.02 bits per heavy atom. The van der Waals surface area contributed by atoms with Crippen LogP contribution < -0.4 is 18.9 Å². The lowest BCUT2D eigenvalue weighted by molar-refractivity contribution is -0.138. The van der Waals surface area contributed by atoms with E-state index in [4.69, 9.17) is 18.9 Å². The third kappa shape index (κ3) is 7.36. The van der Waals surface area contributed by atoms with Crippen LogP contribution in [-0.4, -0.2) is 53.9 Å². The molecule has 2 aliphatic rings. The maximum Gasteiger partial charge on any atom is 0.165 e. The quantitative estimate of drug-likeness (QED) is 0.146. The summed E-state index contributed by atoms with van der Waals surface area (Å²) < 4.78 is 28.8. The van der Waals surface area contributed by atoms with E-state index < -0.39 is 0 Å². The van der Waals surface area contributed by atoms with E-state index in [0.717, 1.165) is 58.7 Å². The molecule has 11 heteroatoms. The minimum Gasteiger partial charge on any atom is -0.493 e. The Kier molecular flexibility index (Phi) is 9.57. The van der Waals surface area contributed by atoms with E-state index >= 15 is 0 Å². The molecule has 4 aromatic rings. The van der Waals surface area contributed by atoms with Gasteiger partial charge in [0.15, 0.2) is 11.5 Å². The third-order valence-corrected chi connectivity index (χ3v) is 9.97. The largest absolute Gasteiger partial charge is 0.493 e. The van der Waals surface area contributed by atoms with Gasteiger partial charge in [-0.15, -0.1) is 10.2 Å². The van der Waals surface area contributed by atoms with E-state index in [1.165, 1.54) is 5.57 Å². The van der Waals surface area contributed by atoms with Gasteiger partial charge in [-0.3, -0.25) is 9.36 Å². The van der Waals surface area contributed by atoms with Gasteiger partial charge in [-0.05, 0) is 92.8 Å². The SMILES string of the molecule is COc1cc(/C=C/c2cc(OCc3cn(C)nn3)c(CC=C(C)C)c(OCc3cn(C)nn3)c2)cc2c1O[C@]1(C)CC[C@@H](O)C(C)(C)[C@H]1C2.